The van der Waals surface area contributed by atoms with E-state index in [0.717, 1.165) is 0 Å². The van der Waals surface area contributed by atoms with Gasteiger partial charge in [0.25, 0.3) is 15.9 Å². The zero-order chi connectivity index (χ0) is 24.1. The van der Waals surface area contributed by atoms with Gasteiger partial charge < -0.3 is 14.5 Å². The highest BCUT2D eigenvalue weighted by molar-refractivity contribution is 7.92. The van der Waals surface area contributed by atoms with E-state index in [1.807, 2.05) is 0 Å². The maximum Gasteiger partial charge on any atom is 0.341 e. The summed E-state index contributed by atoms with van der Waals surface area (Å²) in [5.74, 6) is -1.33. The number of rotatable bonds is 8. The summed E-state index contributed by atoms with van der Waals surface area (Å²) in [6.45, 7) is 1.70. The van der Waals surface area contributed by atoms with E-state index in [4.69, 9.17) is 9.15 Å². The first kappa shape index (κ1) is 22.9. The average molecular weight is 481 g/mol. The van der Waals surface area contributed by atoms with Crippen LogP contribution >= 0.6 is 0 Å². The number of anilines is 2. The third-order valence-electron chi connectivity index (χ3n) is 4.72. The molecule has 0 saturated carbocycles. The smallest absolute Gasteiger partial charge is 0.341 e. The molecule has 0 spiro atoms. The van der Waals surface area contributed by atoms with Gasteiger partial charge >= 0.3 is 5.97 Å². The fraction of sp³-hybridized carbons (Fsp3) is 0.136. The predicted octanol–water partition coefficient (Wildman–Crippen LogP) is 2.99. The van der Waals surface area contributed by atoms with Crippen molar-refractivity contribution in [3.8, 4) is 0 Å². The topological polar surface area (TPSA) is 153 Å². The molecule has 0 aliphatic carbocycles. The van der Waals surface area contributed by atoms with Crippen LogP contribution in [0.2, 0.25) is 0 Å². The number of fused-ring (bicyclic) bond motifs is 1. The van der Waals surface area contributed by atoms with Gasteiger partial charge in [0.2, 0.25) is 5.95 Å². The van der Waals surface area contributed by atoms with Crippen molar-refractivity contribution >= 4 is 44.6 Å². The molecule has 2 aromatic carbocycles. The van der Waals surface area contributed by atoms with E-state index >= 15 is 0 Å². The van der Waals surface area contributed by atoms with Gasteiger partial charge in [0.1, 0.15) is 5.52 Å². The summed E-state index contributed by atoms with van der Waals surface area (Å²) in [4.78, 5) is 36.9. The van der Waals surface area contributed by atoms with Crippen molar-refractivity contribution in [3.63, 3.8) is 0 Å². The Labute approximate surface area is 194 Å². The predicted molar refractivity (Wildman–Crippen MR) is 121 cm³/mol. The molecule has 0 aliphatic heterocycles. The second kappa shape index (κ2) is 9.67. The van der Waals surface area contributed by atoms with Crippen LogP contribution in [0.3, 0.4) is 0 Å². The molecule has 1 amide bonds. The van der Waals surface area contributed by atoms with E-state index in [0.29, 0.717) is 16.8 Å². The monoisotopic (exact) mass is 481 g/mol. The Hall–Kier alpha value is -4.32. The van der Waals surface area contributed by atoms with Gasteiger partial charge in [-0.25, -0.2) is 32.9 Å². The van der Waals surface area contributed by atoms with Gasteiger partial charge in [-0.05, 0) is 48.9 Å². The van der Waals surface area contributed by atoms with E-state index in [-0.39, 0.29) is 22.8 Å². The number of carbonyl (C=O) groups excluding carboxylic acids is 2. The molecule has 1 unspecified atom stereocenters. The number of nitrogens with one attached hydrogen (secondary N) is 2. The van der Waals surface area contributed by atoms with Gasteiger partial charge in [-0.15, -0.1) is 0 Å². The molecular weight excluding hydrogens is 462 g/mol. The van der Waals surface area contributed by atoms with Gasteiger partial charge in [0.05, 0.1) is 10.5 Å². The number of nitrogens with zero attached hydrogens (tertiary/aromatic N) is 3. The van der Waals surface area contributed by atoms with Crippen LogP contribution in [0.1, 0.15) is 23.7 Å². The molecule has 0 bridgehead atoms. The van der Waals surface area contributed by atoms with Gasteiger partial charge in [0, 0.05) is 18.1 Å². The lowest BCUT2D eigenvalue weighted by Gasteiger charge is -2.16. The first-order valence-corrected chi connectivity index (χ1v) is 11.6. The number of hydrogen-bond donors (Lipinski definition) is 2. The summed E-state index contributed by atoms with van der Waals surface area (Å²) in [6.07, 6.45) is 3.19. The zero-order valence-corrected chi connectivity index (χ0v) is 18.7. The zero-order valence-electron chi connectivity index (χ0n) is 17.8. The number of sulfonamides is 1. The maximum absolute atomic E-state index is 12.7. The fourth-order valence-electron chi connectivity index (χ4n) is 3.04. The molecule has 12 heteroatoms. The van der Waals surface area contributed by atoms with Gasteiger partial charge in [-0.1, -0.05) is 13.0 Å². The molecule has 34 heavy (non-hydrogen) atoms. The molecule has 1 atom stereocenters. The van der Waals surface area contributed by atoms with Crippen LogP contribution in [0.25, 0.3) is 11.1 Å². The number of oxazole rings is 1. The van der Waals surface area contributed by atoms with E-state index in [9.17, 15) is 18.0 Å². The number of amides is 1. The van der Waals surface area contributed by atoms with E-state index in [1.165, 1.54) is 49.1 Å². The third-order valence-corrected chi connectivity index (χ3v) is 6.06. The third kappa shape index (κ3) is 5.02. The molecule has 2 N–H and O–H groups in total. The number of esters is 1. The Morgan fingerprint density at radius 1 is 1.03 bits per heavy atom. The Morgan fingerprint density at radius 2 is 1.76 bits per heavy atom. The standard InChI is InChI=1S/C22H19N5O6S/c1-2-17(33-21(29)16-5-3-6-18-19(16)25-13-32-18)20(28)26-14-7-9-15(10-8-14)34(30,31)27-22-23-11-4-12-24-22/h3-13,17H,2H2,1H3,(H,26,28)(H,23,24,27). The molecular formula is C22H19N5O6S. The second-order valence-electron chi connectivity index (χ2n) is 7.00. The first-order chi connectivity index (χ1) is 16.4. The summed E-state index contributed by atoms with van der Waals surface area (Å²) >= 11 is 0. The molecule has 0 radical (unpaired) electrons. The van der Waals surface area contributed by atoms with Crippen molar-refractivity contribution in [2.45, 2.75) is 24.3 Å². The largest absolute Gasteiger partial charge is 0.449 e. The SMILES string of the molecule is CCC(OC(=O)c1cccc2ocnc12)C(=O)Nc1ccc(S(=O)(=O)Nc2ncccn2)cc1. The van der Waals surface area contributed by atoms with Crippen LogP contribution in [0.15, 0.2) is 76.6 Å². The van der Waals surface area contributed by atoms with Crippen LogP contribution in [0, 0.1) is 0 Å². The molecule has 0 fully saturated rings. The summed E-state index contributed by atoms with van der Waals surface area (Å²) in [5.41, 5.74) is 1.28. The number of hydrogen-bond acceptors (Lipinski definition) is 9. The Balaban J connectivity index is 1.42. The van der Waals surface area contributed by atoms with Gasteiger partial charge in [-0.2, -0.15) is 0 Å². The summed E-state index contributed by atoms with van der Waals surface area (Å²) < 4.78 is 37.8. The van der Waals surface area contributed by atoms with E-state index in [1.54, 1.807) is 25.1 Å². The molecule has 4 aromatic rings. The van der Waals surface area contributed by atoms with Crippen LogP contribution in [0.4, 0.5) is 11.6 Å². The number of aromatic nitrogens is 3. The normalized spacial score (nSPS) is 12.1. The summed E-state index contributed by atoms with van der Waals surface area (Å²) in [7, 11) is -3.91. The van der Waals surface area contributed by atoms with Crippen LogP contribution < -0.4 is 10.0 Å². The molecule has 0 saturated heterocycles. The van der Waals surface area contributed by atoms with Crippen molar-refractivity contribution < 1.29 is 27.2 Å². The van der Waals surface area contributed by atoms with Crippen molar-refractivity contribution in [1.82, 2.24) is 15.0 Å². The minimum absolute atomic E-state index is 0.0443. The van der Waals surface area contributed by atoms with Gasteiger partial charge in [-0.3, -0.25) is 4.79 Å². The summed E-state index contributed by atoms with van der Waals surface area (Å²) in [6, 6.07) is 11.9. The van der Waals surface area contributed by atoms with Crippen molar-refractivity contribution in [2.75, 3.05) is 10.0 Å². The van der Waals surface area contributed by atoms with Crippen LogP contribution in [-0.4, -0.2) is 41.4 Å². The van der Waals surface area contributed by atoms with Crippen molar-refractivity contribution in [3.05, 3.63) is 72.9 Å². The maximum atomic E-state index is 12.7. The van der Waals surface area contributed by atoms with Gasteiger partial charge in [0.15, 0.2) is 18.1 Å². The first-order valence-electron chi connectivity index (χ1n) is 10.1. The average Bonchev–Trinajstić information content (AvgIpc) is 3.32. The fourth-order valence-corrected chi connectivity index (χ4v) is 4.00. The highest BCUT2D eigenvalue weighted by atomic mass is 32.2. The number of benzene rings is 2. The minimum Gasteiger partial charge on any atom is -0.449 e. The van der Waals surface area contributed by atoms with Crippen molar-refractivity contribution in [2.24, 2.45) is 0 Å². The molecule has 174 valence electrons. The van der Waals surface area contributed by atoms with Crippen molar-refractivity contribution in [1.29, 1.82) is 0 Å². The minimum atomic E-state index is -3.91. The summed E-state index contributed by atoms with van der Waals surface area (Å²) in [5, 5.41) is 2.62. The highest BCUT2D eigenvalue weighted by Crippen LogP contribution is 2.20. The molecule has 0 aliphatic rings. The molecule has 2 aromatic heterocycles. The molecule has 2 heterocycles. The van der Waals surface area contributed by atoms with E-state index in [2.05, 4.69) is 25.0 Å². The number of ether oxygens (including phenoxy) is 1. The van der Waals surface area contributed by atoms with Crippen LogP contribution in [-0.2, 0) is 19.6 Å². The Kier molecular flexibility index (Phi) is 6.50. The number of carbonyl (C=O) groups is 2. The Morgan fingerprint density at radius 3 is 2.47 bits per heavy atom. The Bertz CT molecular complexity index is 1420. The number of para-hydroxylation sites is 1. The van der Waals surface area contributed by atoms with Crippen LogP contribution in [0.5, 0.6) is 0 Å². The van der Waals surface area contributed by atoms with E-state index < -0.39 is 28.0 Å². The quantitative estimate of drug-likeness (QED) is 0.362. The second-order valence-corrected chi connectivity index (χ2v) is 8.68. The molecule has 4 rings (SSSR count). The lowest BCUT2D eigenvalue weighted by Crippen LogP contribution is -2.32. The molecule has 11 nitrogen and oxygen atoms in total. The lowest BCUT2D eigenvalue weighted by molar-refractivity contribution is -0.124. The highest BCUT2D eigenvalue weighted by Gasteiger charge is 2.24. The lowest BCUT2D eigenvalue weighted by atomic mass is 10.2.